The monoisotopic (exact) mass is 550 g/mol. The quantitative estimate of drug-likeness (QED) is 0.367. The van der Waals surface area contributed by atoms with Gasteiger partial charge >= 0.3 is 5.97 Å². The van der Waals surface area contributed by atoms with Gasteiger partial charge < -0.3 is 9.84 Å². The van der Waals surface area contributed by atoms with Crippen LogP contribution in [0.1, 0.15) is 15.9 Å². The van der Waals surface area contributed by atoms with E-state index in [1.54, 1.807) is 31.3 Å². The number of benzene rings is 2. The lowest BCUT2D eigenvalue weighted by atomic mass is 10.2. The average molecular weight is 552 g/mol. The Balaban J connectivity index is 1.89. The van der Waals surface area contributed by atoms with Crippen molar-refractivity contribution >= 4 is 72.4 Å². The molecule has 6 nitrogen and oxygen atoms in total. The molecule has 1 heterocycles. The molecule has 0 bridgehead atoms. The standard InChI is InChI=1S/C21H16Br2N2O4S/c1-3-7-29-18-15(22)8-12(9-16(18)23)10-17-19(26)25(2)21(30-17)24-14-6-4-5-13(11-14)20(27)28/h3-6,8-11H,1,7H2,2H3,(H,27,28)/b17-10+,24-21?. The van der Waals surface area contributed by atoms with Crippen molar-refractivity contribution in [3.05, 3.63) is 74.0 Å². The highest BCUT2D eigenvalue weighted by Crippen LogP contribution is 2.38. The Hall–Kier alpha value is -2.36. The summed E-state index contributed by atoms with van der Waals surface area (Å²) >= 11 is 8.20. The van der Waals surface area contributed by atoms with Crippen LogP contribution in [0.25, 0.3) is 6.08 Å². The van der Waals surface area contributed by atoms with Crippen LogP contribution in [-0.2, 0) is 4.79 Å². The van der Waals surface area contributed by atoms with Crippen LogP contribution >= 0.6 is 43.6 Å². The Morgan fingerprint density at radius 1 is 1.30 bits per heavy atom. The first kappa shape index (κ1) is 22.3. The maximum atomic E-state index is 12.7. The molecule has 0 atom stereocenters. The highest BCUT2D eigenvalue weighted by molar-refractivity contribution is 9.11. The lowest BCUT2D eigenvalue weighted by molar-refractivity contribution is -0.121. The van der Waals surface area contributed by atoms with Crippen molar-refractivity contribution in [2.45, 2.75) is 0 Å². The molecule has 1 amide bonds. The summed E-state index contributed by atoms with van der Waals surface area (Å²) in [7, 11) is 1.63. The number of thioether (sulfide) groups is 1. The van der Waals surface area contributed by atoms with E-state index in [2.05, 4.69) is 43.4 Å². The van der Waals surface area contributed by atoms with Crippen molar-refractivity contribution in [3.63, 3.8) is 0 Å². The van der Waals surface area contributed by atoms with Gasteiger partial charge in [0.1, 0.15) is 12.4 Å². The fourth-order valence-corrected chi connectivity index (χ4v) is 5.00. The third kappa shape index (κ3) is 5.03. The van der Waals surface area contributed by atoms with Gasteiger partial charge in [-0.1, -0.05) is 18.7 Å². The number of hydrogen-bond donors (Lipinski definition) is 1. The number of amides is 1. The summed E-state index contributed by atoms with van der Waals surface area (Å²) in [5.74, 6) is -0.565. The van der Waals surface area contributed by atoms with Crippen LogP contribution in [0.3, 0.4) is 0 Å². The van der Waals surface area contributed by atoms with E-state index < -0.39 is 5.97 Å². The van der Waals surface area contributed by atoms with Gasteiger partial charge in [-0.2, -0.15) is 0 Å². The van der Waals surface area contributed by atoms with E-state index in [1.165, 1.54) is 28.8 Å². The number of amidine groups is 1. The largest absolute Gasteiger partial charge is 0.487 e. The zero-order chi connectivity index (χ0) is 21.8. The zero-order valence-electron chi connectivity index (χ0n) is 15.8. The lowest BCUT2D eigenvalue weighted by Gasteiger charge is -2.09. The van der Waals surface area contributed by atoms with Crippen LogP contribution in [0.5, 0.6) is 5.75 Å². The molecule has 2 aromatic carbocycles. The summed E-state index contributed by atoms with van der Waals surface area (Å²) in [6, 6.07) is 9.98. The number of carbonyl (C=O) groups is 2. The number of likely N-dealkylation sites (N-methyl/N-ethyl adjacent to an activating group) is 1. The molecule has 2 aromatic rings. The van der Waals surface area contributed by atoms with Gasteiger partial charge in [0.15, 0.2) is 5.17 Å². The van der Waals surface area contributed by atoms with Gasteiger partial charge in [-0.25, -0.2) is 9.79 Å². The molecule has 0 saturated carbocycles. The number of carbonyl (C=O) groups excluding carboxylic acids is 1. The Labute approximate surface area is 194 Å². The summed E-state index contributed by atoms with van der Waals surface area (Å²) in [5, 5.41) is 9.60. The molecule has 30 heavy (non-hydrogen) atoms. The second-order valence-electron chi connectivity index (χ2n) is 6.14. The summed E-state index contributed by atoms with van der Waals surface area (Å²) in [6.07, 6.45) is 3.43. The summed E-state index contributed by atoms with van der Waals surface area (Å²) < 4.78 is 7.10. The normalized spacial score (nSPS) is 16.4. The molecule has 3 rings (SSSR count). The molecule has 1 N–H and O–H groups in total. The molecule has 0 aromatic heterocycles. The van der Waals surface area contributed by atoms with Crippen LogP contribution in [0.4, 0.5) is 5.69 Å². The molecule has 0 radical (unpaired) electrons. The van der Waals surface area contributed by atoms with Crippen LogP contribution in [-0.4, -0.2) is 40.7 Å². The van der Waals surface area contributed by atoms with E-state index >= 15 is 0 Å². The molecular formula is C21H16Br2N2O4S. The van der Waals surface area contributed by atoms with Crippen LogP contribution in [0, 0.1) is 0 Å². The molecule has 154 valence electrons. The highest BCUT2D eigenvalue weighted by Gasteiger charge is 2.30. The zero-order valence-corrected chi connectivity index (χ0v) is 19.8. The third-order valence-corrected chi connectivity index (χ3v) is 6.22. The average Bonchev–Trinajstić information content (AvgIpc) is 2.95. The van der Waals surface area contributed by atoms with Crippen molar-refractivity contribution in [2.75, 3.05) is 13.7 Å². The maximum absolute atomic E-state index is 12.7. The maximum Gasteiger partial charge on any atom is 0.335 e. The number of aliphatic imine (C=N–C) groups is 1. The number of rotatable bonds is 6. The molecule has 1 aliphatic rings. The Bertz CT molecular complexity index is 1080. The number of nitrogens with zero attached hydrogens (tertiary/aromatic N) is 2. The fraction of sp³-hybridized carbons (Fsp3) is 0.0952. The Kier molecular flexibility index (Phi) is 7.17. The van der Waals surface area contributed by atoms with E-state index in [-0.39, 0.29) is 11.5 Å². The molecule has 1 saturated heterocycles. The lowest BCUT2D eigenvalue weighted by Crippen LogP contribution is -2.23. The van der Waals surface area contributed by atoms with Gasteiger partial charge in [-0.05, 0) is 85.6 Å². The van der Waals surface area contributed by atoms with E-state index in [4.69, 9.17) is 9.84 Å². The minimum Gasteiger partial charge on any atom is -0.487 e. The number of hydrogen-bond acceptors (Lipinski definition) is 5. The summed E-state index contributed by atoms with van der Waals surface area (Å²) in [6.45, 7) is 4.01. The van der Waals surface area contributed by atoms with Gasteiger partial charge in [0.2, 0.25) is 0 Å². The van der Waals surface area contributed by atoms with E-state index in [0.717, 1.165) is 14.5 Å². The van der Waals surface area contributed by atoms with Gasteiger partial charge in [-0.15, -0.1) is 0 Å². The number of carboxylic acids is 1. The van der Waals surface area contributed by atoms with Gasteiger partial charge in [0.05, 0.1) is 25.1 Å². The molecule has 0 aliphatic carbocycles. The first-order valence-electron chi connectivity index (χ1n) is 8.62. The van der Waals surface area contributed by atoms with Crippen LogP contribution in [0.15, 0.2) is 67.9 Å². The summed E-state index contributed by atoms with van der Waals surface area (Å²) in [4.78, 5) is 30.2. The highest BCUT2D eigenvalue weighted by atomic mass is 79.9. The second kappa shape index (κ2) is 9.63. The van der Waals surface area contributed by atoms with Crippen molar-refractivity contribution in [1.82, 2.24) is 4.90 Å². The van der Waals surface area contributed by atoms with Crippen molar-refractivity contribution in [3.8, 4) is 5.75 Å². The van der Waals surface area contributed by atoms with E-state index in [1.807, 2.05) is 12.1 Å². The van der Waals surface area contributed by atoms with Gasteiger partial charge in [-0.3, -0.25) is 9.69 Å². The SMILES string of the molecule is C=CCOc1c(Br)cc(/C=C2/SC(=Nc3cccc(C(=O)O)c3)N(C)C2=O)cc1Br. The Morgan fingerprint density at radius 3 is 2.63 bits per heavy atom. The predicted octanol–water partition coefficient (Wildman–Crippen LogP) is 5.71. The predicted molar refractivity (Wildman–Crippen MR) is 126 cm³/mol. The third-order valence-electron chi connectivity index (χ3n) is 3.99. The summed E-state index contributed by atoms with van der Waals surface area (Å²) in [5.41, 5.74) is 1.41. The molecule has 1 aliphatic heterocycles. The molecule has 0 spiro atoms. The Morgan fingerprint density at radius 2 is 2.00 bits per heavy atom. The van der Waals surface area contributed by atoms with Crippen LogP contribution < -0.4 is 4.74 Å². The smallest absolute Gasteiger partial charge is 0.335 e. The van der Waals surface area contributed by atoms with E-state index in [0.29, 0.717) is 28.1 Å². The fourth-order valence-electron chi connectivity index (χ4n) is 2.56. The van der Waals surface area contributed by atoms with Crippen molar-refractivity contribution in [1.29, 1.82) is 0 Å². The van der Waals surface area contributed by atoms with Crippen LogP contribution in [0.2, 0.25) is 0 Å². The van der Waals surface area contributed by atoms with Crippen molar-refractivity contribution in [2.24, 2.45) is 4.99 Å². The number of ether oxygens (including phenoxy) is 1. The topological polar surface area (TPSA) is 79.2 Å². The van der Waals surface area contributed by atoms with Gasteiger partial charge in [0.25, 0.3) is 5.91 Å². The second-order valence-corrected chi connectivity index (χ2v) is 8.86. The minimum atomic E-state index is -1.03. The first-order chi connectivity index (χ1) is 14.3. The van der Waals surface area contributed by atoms with Gasteiger partial charge in [0, 0.05) is 7.05 Å². The molecular weight excluding hydrogens is 536 g/mol. The number of aromatic carboxylic acids is 1. The molecule has 1 fully saturated rings. The first-order valence-corrected chi connectivity index (χ1v) is 11.0. The molecule has 9 heteroatoms. The minimum absolute atomic E-state index is 0.137. The molecule has 0 unspecified atom stereocenters. The number of halogens is 2. The number of carboxylic acid groups (broad SMARTS) is 1. The van der Waals surface area contributed by atoms with E-state index in [9.17, 15) is 9.59 Å². The van der Waals surface area contributed by atoms with Crippen molar-refractivity contribution < 1.29 is 19.4 Å².